The van der Waals surface area contributed by atoms with E-state index in [1.807, 2.05) is 98.7 Å². The third-order valence-electron chi connectivity index (χ3n) is 8.03. The Morgan fingerprint density at radius 2 is 0.984 bits per heavy atom. The normalized spacial score (nSPS) is 11.5. The first-order chi connectivity index (χ1) is 29.5. The molecule has 0 amide bonds. The fraction of sp³-hybridized carbons (Fsp3) is 0.200. The summed E-state index contributed by atoms with van der Waals surface area (Å²) in [7, 11) is -1.52. The van der Waals surface area contributed by atoms with Crippen molar-refractivity contribution in [1.29, 1.82) is 0 Å². The third kappa shape index (κ3) is 15.0. The number of nitrogen functional groups attached to an aromatic ring is 1. The lowest BCUT2D eigenvalue weighted by atomic mass is 10.1. The average Bonchev–Trinajstić information content (AvgIpc) is 3.20. The molecule has 4 aromatic carbocycles. The maximum absolute atomic E-state index is 12.3. The summed E-state index contributed by atoms with van der Waals surface area (Å²) in [6.07, 6.45) is 2.61. The van der Waals surface area contributed by atoms with Crippen molar-refractivity contribution in [3.05, 3.63) is 114 Å². The standard InChI is InChI=1S/C27H28N6O7S2.C13H18N6O/c1-33(2)16-17-40-27-31-25(28-21-9-4-3-5-10-21)30-26(32-27)29-22-15-14-20(24(18-22)42(37,38)39)13-12-19-8-6-7-11-23(19)41(34,35)36;1-19(2)8-9-20-13-17-11(14)16-12(18-13)15-10-6-4-3-5-7-10/h3-15,18H,16-17H2,1-2H3,(H,34,35,36)(H,37,38,39)(H2,28,29,30,31,32);3-7H,8-9H2,1-2H3,(H3,14,15,16,17,18)/b13-12+;. The van der Waals surface area contributed by atoms with E-state index in [0.717, 1.165) is 12.2 Å². The molecule has 0 aliphatic carbocycles. The molecule has 326 valence electrons. The van der Waals surface area contributed by atoms with Gasteiger partial charge in [0.2, 0.25) is 23.8 Å². The molecule has 0 saturated heterocycles. The molecule has 0 fully saturated rings. The molecule has 20 nitrogen and oxygen atoms in total. The maximum atomic E-state index is 12.3. The number of para-hydroxylation sites is 2. The smallest absolute Gasteiger partial charge is 0.323 e. The summed E-state index contributed by atoms with van der Waals surface area (Å²) in [6, 6.07) is 28.7. The van der Waals surface area contributed by atoms with Crippen molar-refractivity contribution in [3.8, 4) is 12.0 Å². The molecule has 7 N–H and O–H groups in total. The zero-order valence-electron chi connectivity index (χ0n) is 34.1. The number of rotatable bonds is 18. The van der Waals surface area contributed by atoms with Crippen LogP contribution < -0.4 is 31.2 Å². The van der Waals surface area contributed by atoms with Crippen LogP contribution in [0.3, 0.4) is 0 Å². The van der Waals surface area contributed by atoms with E-state index >= 15 is 0 Å². The van der Waals surface area contributed by atoms with Gasteiger partial charge in [-0.3, -0.25) is 9.11 Å². The number of nitrogens with zero attached hydrogens (tertiary/aromatic N) is 8. The second-order valence-corrected chi connectivity index (χ2v) is 16.3. The molecule has 0 aliphatic rings. The summed E-state index contributed by atoms with van der Waals surface area (Å²) in [5.74, 6) is 0.697. The number of hydrogen-bond acceptors (Lipinski definition) is 18. The number of nitrogens with one attached hydrogen (secondary N) is 3. The van der Waals surface area contributed by atoms with Gasteiger partial charge in [-0.25, -0.2) is 0 Å². The summed E-state index contributed by atoms with van der Waals surface area (Å²) >= 11 is 0. The molecule has 0 spiro atoms. The minimum absolute atomic E-state index is 0.0276. The van der Waals surface area contributed by atoms with Gasteiger partial charge in [0.25, 0.3) is 20.2 Å². The van der Waals surface area contributed by atoms with Crippen molar-refractivity contribution in [3.63, 3.8) is 0 Å². The van der Waals surface area contributed by atoms with E-state index in [4.69, 9.17) is 15.2 Å². The van der Waals surface area contributed by atoms with E-state index in [9.17, 15) is 25.9 Å². The lowest BCUT2D eigenvalue weighted by Crippen LogP contribution is -2.20. The van der Waals surface area contributed by atoms with Crippen LogP contribution in [0.15, 0.2) is 113 Å². The SMILES string of the molecule is CN(C)CCOc1nc(N)nc(Nc2ccccc2)n1.CN(C)CCOc1nc(Nc2ccccc2)nc(Nc2ccc(/C=C/c3ccccc3S(=O)(=O)O)c(S(=O)(=O)O)c2)n1. The van der Waals surface area contributed by atoms with Crippen LogP contribution in [0, 0.1) is 0 Å². The van der Waals surface area contributed by atoms with Crippen LogP contribution in [-0.4, -0.2) is 120 Å². The Hall–Kier alpha value is -6.82. The van der Waals surface area contributed by atoms with Gasteiger partial charge in [-0.05, 0) is 81.8 Å². The molecule has 0 unspecified atom stereocenters. The van der Waals surface area contributed by atoms with Gasteiger partial charge in [0.05, 0.1) is 0 Å². The van der Waals surface area contributed by atoms with Gasteiger partial charge < -0.3 is 41.0 Å². The second-order valence-electron chi connectivity index (χ2n) is 13.5. The van der Waals surface area contributed by atoms with Gasteiger partial charge in [-0.1, -0.05) is 72.8 Å². The first kappa shape index (κ1) is 46.2. The Labute approximate surface area is 359 Å². The minimum Gasteiger partial charge on any atom is -0.462 e. The van der Waals surface area contributed by atoms with Gasteiger partial charge >= 0.3 is 12.0 Å². The fourth-order valence-electron chi connectivity index (χ4n) is 5.10. The Morgan fingerprint density at radius 3 is 1.48 bits per heavy atom. The molecule has 0 bridgehead atoms. The fourth-order valence-corrected chi connectivity index (χ4v) is 6.49. The van der Waals surface area contributed by atoms with Gasteiger partial charge in [0.1, 0.15) is 23.0 Å². The van der Waals surface area contributed by atoms with Crippen molar-refractivity contribution in [2.45, 2.75) is 9.79 Å². The van der Waals surface area contributed by atoms with Crippen molar-refractivity contribution in [1.82, 2.24) is 39.7 Å². The van der Waals surface area contributed by atoms with E-state index in [1.54, 1.807) is 6.07 Å². The van der Waals surface area contributed by atoms with Crippen LogP contribution in [0.1, 0.15) is 11.1 Å². The second kappa shape index (κ2) is 21.6. The van der Waals surface area contributed by atoms with Gasteiger partial charge in [0, 0.05) is 30.2 Å². The molecule has 6 aromatic rings. The van der Waals surface area contributed by atoms with Crippen molar-refractivity contribution in [2.75, 3.05) is 76.2 Å². The molecule has 0 atom stereocenters. The number of ether oxygens (including phenoxy) is 2. The highest BCUT2D eigenvalue weighted by Gasteiger charge is 2.18. The predicted octanol–water partition coefficient (Wildman–Crippen LogP) is 5.10. The van der Waals surface area contributed by atoms with E-state index in [1.165, 1.54) is 48.6 Å². The molecule has 6 rings (SSSR count). The lowest BCUT2D eigenvalue weighted by molar-refractivity contribution is 0.245. The summed E-state index contributed by atoms with van der Waals surface area (Å²) in [5, 5.41) is 9.02. The summed E-state index contributed by atoms with van der Waals surface area (Å²) in [4.78, 5) is 28.2. The number of aromatic nitrogens is 6. The van der Waals surface area contributed by atoms with Crippen LogP contribution in [0.25, 0.3) is 12.2 Å². The van der Waals surface area contributed by atoms with Crippen molar-refractivity contribution >= 4 is 73.2 Å². The molecule has 22 heteroatoms. The molecule has 0 aliphatic heterocycles. The number of likely N-dealkylation sites (N-methyl/N-ethyl adjacent to an activating group) is 2. The maximum Gasteiger partial charge on any atom is 0.323 e. The summed E-state index contributed by atoms with van der Waals surface area (Å²) in [5.41, 5.74) is 7.64. The van der Waals surface area contributed by atoms with Crippen LogP contribution in [0.4, 0.5) is 40.9 Å². The first-order valence-corrected chi connectivity index (χ1v) is 21.5. The Morgan fingerprint density at radius 1 is 0.548 bits per heavy atom. The molecule has 2 heterocycles. The zero-order valence-corrected chi connectivity index (χ0v) is 35.7. The topological polar surface area (TPSA) is 273 Å². The number of benzene rings is 4. The van der Waals surface area contributed by atoms with Crippen LogP contribution >= 0.6 is 0 Å². The Kier molecular flexibility index (Phi) is 16.1. The Balaban J connectivity index is 0.000000302. The van der Waals surface area contributed by atoms with Crippen molar-refractivity contribution < 1.29 is 35.4 Å². The van der Waals surface area contributed by atoms with E-state index in [2.05, 4.69) is 45.9 Å². The molecular formula is C40H46N12O8S2. The van der Waals surface area contributed by atoms with Crippen LogP contribution in [0.5, 0.6) is 12.0 Å². The van der Waals surface area contributed by atoms with E-state index in [-0.39, 0.29) is 51.6 Å². The molecule has 0 saturated carbocycles. The minimum atomic E-state index is -4.72. The zero-order chi connectivity index (χ0) is 44.7. The van der Waals surface area contributed by atoms with Gasteiger partial charge in [0.15, 0.2) is 0 Å². The first-order valence-electron chi connectivity index (χ1n) is 18.6. The molecular weight excluding hydrogens is 841 g/mol. The number of hydrogen-bond donors (Lipinski definition) is 6. The average molecular weight is 887 g/mol. The summed E-state index contributed by atoms with van der Waals surface area (Å²) in [6.45, 7) is 2.17. The molecule has 0 radical (unpaired) electrons. The highest BCUT2D eigenvalue weighted by Crippen LogP contribution is 2.27. The Bertz CT molecular complexity index is 2660. The van der Waals surface area contributed by atoms with Gasteiger partial charge in [-0.2, -0.15) is 46.7 Å². The molecule has 2 aromatic heterocycles. The number of nitrogens with two attached hydrogens (primary N) is 1. The van der Waals surface area contributed by atoms with Crippen molar-refractivity contribution in [2.24, 2.45) is 0 Å². The van der Waals surface area contributed by atoms with E-state index < -0.39 is 25.1 Å². The van der Waals surface area contributed by atoms with Crippen LogP contribution in [-0.2, 0) is 20.2 Å². The highest BCUT2D eigenvalue weighted by molar-refractivity contribution is 7.86. The predicted molar refractivity (Wildman–Crippen MR) is 236 cm³/mol. The quantitative estimate of drug-likeness (QED) is 0.0484. The van der Waals surface area contributed by atoms with Gasteiger partial charge in [-0.15, -0.1) is 0 Å². The van der Waals surface area contributed by atoms with E-state index in [0.29, 0.717) is 31.4 Å². The van der Waals surface area contributed by atoms with Crippen LogP contribution in [0.2, 0.25) is 0 Å². The third-order valence-corrected chi connectivity index (χ3v) is 9.87. The monoisotopic (exact) mass is 886 g/mol. The highest BCUT2D eigenvalue weighted by atomic mass is 32.2. The number of anilines is 7. The largest absolute Gasteiger partial charge is 0.462 e. The molecule has 62 heavy (non-hydrogen) atoms. The summed E-state index contributed by atoms with van der Waals surface area (Å²) < 4.78 is 78.5. The lowest BCUT2D eigenvalue weighted by Gasteiger charge is -2.13.